The van der Waals surface area contributed by atoms with Gasteiger partial charge in [-0.15, -0.1) is 0 Å². The second kappa shape index (κ2) is 6.54. The normalized spacial score (nSPS) is 9.47. The van der Waals surface area contributed by atoms with Gasteiger partial charge in [0.25, 0.3) is 0 Å². The highest BCUT2D eigenvalue weighted by molar-refractivity contribution is 5.66. The van der Waals surface area contributed by atoms with Crippen LogP contribution in [0.15, 0.2) is 24.3 Å². The molecule has 0 atom stereocenters. The molecule has 0 radical (unpaired) electrons. The number of ether oxygens (including phenoxy) is 1. The monoisotopic (exact) mass is 232 g/mol. The molecular formula is C13H16N2O2. The van der Waals surface area contributed by atoms with Crippen LogP contribution in [0.5, 0.6) is 0 Å². The molecule has 0 aromatic heterocycles. The molecule has 0 spiro atoms. The lowest BCUT2D eigenvalue weighted by Crippen LogP contribution is -2.28. The third-order valence-electron chi connectivity index (χ3n) is 2.41. The Bertz CT molecular complexity index is 424. The Balaban J connectivity index is 2.73. The van der Waals surface area contributed by atoms with Crippen molar-refractivity contribution in [2.45, 2.75) is 13.8 Å². The van der Waals surface area contributed by atoms with E-state index in [-0.39, 0.29) is 5.97 Å². The highest BCUT2D eigenvalue weighted by Gasteiger charge is 2.09. The van der Waals surface area contributed by atoms with Gasteiger partial charge in [-0.25, -0.2) is 0 Å². The van der Waals surface area contributed by atoms with Gasteiger partial charge in [0.1, 0.15) is 12.7 Å². The zero-order chi connectivity index (χ0) is 12.7. The Kier molecular flexibility index (Phi) is 5.02. The fourth-order valence-corrected chi connectivity index (χ4v) is 1.59. The highest BCUT2D eigenvalue weighted by Crippen LogP contribution is 2.18. The first-order chi connectivity index (χ1) is 8.19. The number of esters is 1. The Morgan fingerprint density at radius 1 is 1.47 bits per heavy atom. The van der Waals surface area contributed by atoms with Crippen molar-refractivity contribution in [3.8, 4) is 6.07 Å². The maximum Gasteiger partial charge on any atom is 0.302 e. The van der Waals surface area contributed by atoms with E-state index >= 15 is 0 Å². The van der Waals surface area contributed by atoms with Crippen molar-refractivity contribution in [1.82, 2.24) is 0 Å². The van der Waals surface area contributed by atoms with Gasteiger partial charge in [-0.3, -0.25) is 4.79 Å². The number of carbonyl (C=O) groups is 1. The summed E-state index contributed by atoms with van der Waals surface area (Å²) in [4.78, 5) is 12.7. The number of rotatable bonds is 5. The predicted octanol–water partition coefficient (Wildman–Crippen LogP) is 1.95. The molecule has 0 heterocycles. The number of likely N-dealkylation sites (N-methyl/N-ethyl adjacent to an activating group) is 1. The van der Waals surface area contributed by atoms with Crippen LogP contribution in [0.2, 0.25) is 0 Å². The Morgan fingerprint density at radius 3 is 2.76 bits per heavy atom. The van der Waals surface area contributed by atoms with Crippen molar-refractivity contribution in [3.05, 3.63) is 29.8 Å². The van der Waals surface area contributed by atoms with E-state index in [1.165, 1.54) is 6.92 Å². The minimum atomic E-state index is -0.283. The Hall–Kier alpha value is -2.02. The molecular weight excluding hydrogens is 216 g/mol. The number of nitrogens with zero attached hydrogens (tertiary/aromatic N) is 2. The van der Waals surface area contributed by atoms with Gasteiger partial charge in [0.2, 0.25) is 0 Å². The maximum absolute atomic E-state index is 10.7. The van der Waals surface area contributed by atoms with Gasteiger partial charge >= 0.3 is 5.97 Å². The van der Waals surface area contributed by atoms with E-state index in [1.54, 1.807) is 6.07 Å². The Labute approximate surface area is 101 Å². The zero-order valence-corrected chi connectivity index (χ0v) is 10.1. The van der Waals surface area contributed by atoms with Crippen LogP contribution < -0.4 is 4.90 Å². The first-order valence-electron chi connectivity index (χ1n) is 5.56. The summed E-state index contributed by atoms with van der Waals surface area (Å²) >= 11 is 0. The molecule has 0 amide bonds. The molecule has 0 aliphatic carbocycles. The van der Waals surface area contributed by atoms with Crippen molar-refractivity contribution in [3.63, 3.8) is 0 Å². The summed E-state index contributed by atoms with van der Waals surface area (Å²) in [5, 5.41) is 9.01. The number of hydrogen-bond donors (Lipinski definition) is 0. The number of benzene rings is 1. The van der Waals surface area contributed by atoms with Crippen molar-refractivity contribution in [2.75, 3.05) is 24.6 Å². The number of para-hydroxylation sites is 1. The largest absolute Gasteiger partial charge is 0.464 e. The van der Waals surface area contributed by atoms with E-state index in [0.29, 0.717) is 18.7 Å². The molecule has 0 aliphatic heterocycles. The van der Waals surface area contributed by atoms with Crippen molar-refractivity contribution in [1.29, 1.82) is 5.26 Å². The summed E-state index contributed by atoms with van der Waals surface area (Å²) in [6.45, 7) is 5.08. The number of carbonyl (C=O) groups excluding carboxylic acids is 1. The summed E-state index contributed by atoms with van der Waals surface area (Å²) in [6, 6.07) is 9.57. The van der Waals surface area contributed by atoms with E-state index in [4.69, 9.17) is 10.00 Å². The molecule has 0 saturated carbocycles. The van der Waals surface area contributed by atoms with E-state index < -0.39 is 0 Å². The summed E-state index contributed by atoms with van der Waals surface area (Å²) in [5.74, 6) is -0.283. The quantitative estimate of drug-likeness (QED) is 0.728. The second-order valence-corrected chi connectivity index (χ2v) is 3.55. The van der Waals surface area contributed by atoms with Crippen LogP contribution in [-0.2, 0) is 9.53 Å². The molecule has 90 valence electrons. The van der Waals surface area contributed by atoms with Gasteiger partial charge in [0.15, 0.2) is 0 Å². The first-order valence-corrected chi connectivity index (χ1v) is 5.56. The van der Waals surface area contributed by atoms with Crippen molar-refractivity contribution in [2.24, 2.45) is 0 Å². The van der Waals surface area contributed by atoms with Crippen molar-refractivity contribution >= 4 is 11.7 Å². The van der Waals surface area contributed by atoms with Gasteiger partial charge in [0, 0.05) is 13.5 Å². The minimum Gasteiger partial charge on any atom is -0.464 e. The summed E-state index contributed by atoms with van der Waals surface area (Å²) < 4.78 is 4.91. The fraction of sp³-hybridized carbons (Fsp3) is 0.385. The van der Waals surface area contributed by atoms with E-state index in [2.05, 4.69) is 6.07 Å². The second-order valence-electron chi connectivity index (χ2n) is 3.55. The van der Waals surface area contributed by atoms with Crippen LogP contribution in [0.4, 0.5) is 5.69 Å². The lowest BCUT2D eigenvalue weighted by Gasteiger charge is -2.23. The molecule has 1 aromatic carbocycles. The van der Waals surface area contributed by atoms with Gasteiger partial charge in [-0.1, -0.05) is 12.1 Å². The summed E-state index contributed by atoms with van der Waals surface area (Å²) in [5.41, 5.74) is 1.52. The van der Waals surface area contributed by atoms with Gasteiger partial charge in [-0.05, 0) is 19.1 Å². The fourth-order valence-electron chi connectivity index (χ4n) is 1.59. The average Bonchev–Trinajstić information content (AvgIpc) is 2.34. The third kappa shape index (κ3) is 3.80. The molecule has 0 saturated heterocycles. The Morgan fingerprint density at radius 2 is 2.18 bits per heavy atom. The molecule has 1 aromatic rings. The van der Waals surface area contributed by atoms with Crippen LogP contribution in [-0.4, -0.2) is 25.7 Å². The molecule has 0 bridgehead atoms. The predicted molar refractivity (Wildman–Crippen MR) is 65.7 cm³/mol. The minimum absolute atomic E-state index is 0.283. The van der Waals surface area contributed by atoms with Crippen LogP contribution in [0, 0.1) is 11.3 Å². The number of nitriles is 1. The standard InChI is InChI=1S/C13H16N2O2/c1-3-15(8-9-17-11(2)16)13-7-5-4-6-12(13)10-14/h4-7H,3,8-9H2,1-2H3. The summed E-state index contributed by atoms with van der Waals surface area (Å²) in [6.07, 6.45) is 0. The van der Waals surface area contributed by atoms with E-state index in [9.17, 15) is 4.79 Å². The summed E-state index contributed by atoms with van der Waals surface area (Å²) in [7, 11) is 0. The van der Waals surface area contributed by atoms with Gasteiger partial charge in [0.05, 0.1) is 17.8 Å². The highest BCUT2D eigenvalue weighted by atomic mass is 16.5. The van der Waals surface area contributed by atoms with E-state index in [1.807, 2.05) is 30.0 Å². The van der Waals surface area contributed by atoms with Crippen LogP contribution in [0.25, 0.3) is 0 Å². The van der Waals surface area contributed by atoms with E-state index in [0.717, 1.165) is 12.2 Å². The molecule has 4 heteroatoms. The molecule has 0 unspecified atom stereocenters. The lowest BCUT2D eigenvalue weighted by atomic mass is 10.2. The molecule has 0 fully saturated rings. The van der Waals surface area contributed by atoms with Gasteiger partial charge in [-0.2, -0.15) is 5.26 Å². The van der Waals surface area contributed by atoms with Crippen LogP contribution >= 0.6 is 0 Å². The molecule has 0 N–H and O–H groups in total. The topological polar surface area (TPSA) is 53.3 Å². The smallest absolute Gasteiger partial charge is 0.302 e. The van der Waals surface area contributed by atoms with Crippen molar-refractivity contribution < 1.29 is 9.53 Å². The zero-order valence-electron chi connectivity index (χ0n) is 10.1. The molecule has 17 heavy (non-hydrogen) atoms. The maximum atomic E-state index is 10.7. The molecule has 4 nitrogen and oxygen atoms in total. The average molecular weight is 232 g/mol. The number of hydrogen-bond acceptors (Lipinski definition) is 4. The molecule has 1 rings (SSSR count). The molecule has 0 aliphatic rings. The SMILES string of the molecule is CCN(CCOC(C)=O)c1ccccc1C#N. The van der Waals surface area contributed by atoms with Crippen LogP contribution in [0.3, 0.4) is 0 Å². The third-order valence-corrected chi connectivity index (χ3v) is 2.41. The van der Waals surface area contributed by atoms with Crippen LogP contribution in [0.1, 0.15) is 19.4 Å². The first kappa shape index (κ1) is 13.0. The number of anilines is 1. The van der Waals surface area contributed by atoms with Gasteiger partial charge < -0.3 is 9.64 Å². The lowest BCUT2D eigenvalue weighted by molar-refractivity contribution is -0.140.